The van der Waals surface area contributed by atoms with Gasteiger partial charge in [0.25, 0.3) is 0 Å². The van der Waals surface area contributed by atoms with E-state index in [1.165, 1.54) is 45.0 Å². The van der Waals surface area contributed by atoms with Crippen molar-refractivity contribution >= 4 is 11.9 Å². The molecule has 0 spiro atoms. The number of nitrogens with one attached hydrogen (secondary N) is 4. The SMILES string of the molecule is CCc1c2[nH]c(c1C)Cc1[nH]c(c(CCC(=O)O)c1C)Cc1[nH]c(c(CCC(=O)O)c1C)Cc1[nH]c(c(CC)c1C)C2. The first kappa shape index (κ1) is 29.5. The molecule has 6 N–H and O–H groups in total. The smallest absolute Gasteiger partial charge is 0.303 e. The van der Waals surface area contributed by atoms with E-state index in [1.54, 1.807) is 0 Å². The van der Waals surface area contributed by atoms with Crippen molar-refractivity contribution in [2.75, 3.05) is 0 Å². The molecule has 1 aliphatic heterocycles. The molecule has 0 aliphatic carbocycles. The third-order valence-electron chi connectivity index (χ3n) is 9.58. The molecule has 0 amide bonds. The van der Waals surface area contributed by atoms with Gasteiger partial charge in [-0.2, -0.15) is 0 Å². The van der Waals surface area contributed by atoms with Crippen LogP contribution in [0.25, 0.3) is 0 Å². The second-order valence-corrected chi connectivity index (χ2v) is 11.9. The summed E-state index contributed by atoms with van der Waals surface area (Å²) in [6.07, 6.45) is 5.75. The third kappa shape index (κ3) is 5.46. The number of carboxylic acids is 2. The molecule has 0 saturated carbocycles. The van der Waals surface area contributed by atoms with Gasteiger partial charge in [0.05, 0.1) is 0 Å². The van der Waals surface area contributed by atoms with E-state index in [4.69, 9.17) is 0 Å². The summed E-state index contributed by atoms with van der Waals surface area (Å²) in [5.74, 6) is -1.61. The Kier molecular flexibility index (Phi) is 8.26. The molecule has 0 saturated heterocycles. The van der Waals surface area contributed by atoms with Gasteiger partial charge < -0.3 is 30.1 Å². The Balaban J connectivity index is 1.71. The highest BCUT2D eigenvalue weighted by molar-refractivity contribution is 5.68. The molecule has 224 valence electrons. The second kappa shape index (κ2) is 11.7. The molecule has 8 nitrogen and oxygen atoms in total. The van der Waals surface area contributed by atoms with Gasteiger partial charge in [-0.25, -0.2) is 0 Å². The highest BCUT2D eigenvalue weighted by atomic mass is 16.4. The van der Waals surface area contributed by atoms with Crippen molar-refractivity contribution in [1.29, 1.82) is 0 Å². The topological polar surface area (TPSA) is 138 Å². The average Bonchev–Trinajstić information content (AvgIpc) is 3.59. The normalized spacial score (nSPS) is 13.1. The fourth-order valence-electron chi connectivity index (χ4n) is 7.15. The molecule has 0 radical (unpaired) electrons. The summed E-state index contributed by atoms with van der Waals surface area (Å²) in [7, 11) is 0. The van der Waals surface area contributed by atoms with Gasteiger partial charge in [0, 0.05) is 84.1 Å². The van der Waals surface area contributed by atoms with Crippen LogP contribution in [0.4, 0.5) is 0 Å². The van der Waals surface area contributed by atoms with Gasteiger partial charge in [-0.05, 0) is 97.9 Å². The van der Waals surface area contributed by atoms with E-state index in [-0.39, 0.29) is 12.8 Å². The Morgan fingerprint density at radius 3 is 1.07 bits per heavy atom. The Labute approximate surface area is 247 Å². The quantitative estimate of drug-likeness (QED) is 0.134. The minimum atomic E-state index is -0.805. The lowest BCUT2D eigenvalue weighted by Gasteiger charge is -2.06. The Hall–Kier alpha value is -3.94. The van der Waals surface area contributed by atoms with Crippen LogP contribution in [0.1, 0.15) is 117 Å². The maximum atomic E-state index is 11.6. The molecule has 5 heterocycles. The van der Waals surface area contributed by atoms with Gasteiger partial charge in [0.1, 0.15) is 0 Å². The van der Waals surface area contributed by atoms with Crippen molar-refractivity contribution < 1.29 is 19.8 Å². The number of rotatable bonds is 8. The lowest BCUT2D eigenvalue weighted by molar-refractivity contribution is -0.138. The van der Waals surface area contributed by atoms with Crippen LogP contribution in [-0.2, 0) is 61.0 Å². The number of carboxylic acid groups (broad SMARTS) is 2. The highest BCUT2D eigenvalue weighted by Crippen LogP contribution is 2.32. The molecule has 8 bridgehead atoms. The Morgan fingerprint density at radius 1 is 0.500 bits per heavy atom. The standard InChI is InChI=1S/C34H44N4O4/c1-7-21-17(3)25-13-26-19(5)23(9-11-33(39)40)32(37-26)15-28-20(6)24(10-12-34(41)42)31(38-28)14-27-18(4)22(8-2)30(36-27)16-29(21)35-25/h35-38H,7-16H2,1-6H3,(H,39,40)(H,41,42). The predicted octanol–water partition coefficient (Wildman–Crippen LogP) is 6.07. The van der Waals surface area contributed by atoms with Crippen molar-refractivity contribution in [3.8, 4) is 0 Å². The van der Waals surface area contributed by atoms with E-state index < -0.39 is 11.9 Å². The zero-order valence-corrected chi connectivity index (χ0v) is 25.8. The molecule has 0 atom stereocenters. The van der Waals surface area contributed by atoms with E-state index in [2.05, 4.69) is 61.5 Å². The summed E-state index contributed by atoms with van der Waals surface area (Å²) in [6.45, 7) is 13.0. The molecular formula is C34H44N4O4. The van der Waals surface area contributed by atoms with Gasteiger partial charge in [0.2, 0.25) is 0 Å². The van der Waals surface area contributed by atoms with Crippen LogP contribution >= 0.6 is 0 Å². The largest absolute Gasteiger partial charge is 0.481 e. The third-order valence-corrected chi connectivity index (χ3v) is 9.58. The maximum Gasteiger partial charge on any atom is 0.303 e. The van der Waals surface area contributed by atoms with Crippen molar-refractivity contribution in [2.24, 2.45) is 0 Å². The number of H-pyrrole nitrogens is 4. The average molecular weight is 573 g/mol. The number of carbonyl (C=O) groups is 2. The lowest BCUT2D eigenvalue weighted by atomic mass is 9.97. The van der Waals surface area contributed by atoms with Crippen LogP contribution in [0.3, 0.4) is 0 Å². The number of hydrogen-bond acceptors (Lipinski definition) is 2. The zero-order valence-electron chi connectivity index (χ0n) is 25.8. The lowest BCUT2D eigenvalue weighted by Crippen LogP contribution is -2.02. The van der Waals surface area contributed by atoms with E-state index in [1.807, 2.05) is 0 Å². The summed E-state index contributed by atoms with van der Waals surface area (Å²) < 4.78 is 0. The van der Waals surface area contributed by atoms with Crippen molar-refractivity contribution in [3.63, 3.8) is 0 Å². The van der Waals surface area contributed by atoms with Gasteiger partial charge in [-0.15, -0.1) is 0 Å². The van der Waals surface area contributed by atoms with E-state index in [0.29, 0.717) is 25.7 Å². The van der Waals surface area contributed by atoms with Gasteiger partial charge >= 0.3 is 11.9 Å². The first-order valence-electron chi connectivity index (χ1n) is 15.2. The number of aromatic nitrogens is 4. The van der Waals surface area contributed by atoms with E-state index in [0.717, 1.165) is 70.7 Å². The summed E-state index contributed by atoms with van der Waals surface area (Å²) >= 11 is 0. The molecule has 1 aliphatic rings. The summed E-state index contributed by atoms with van der Waals surface area (Å²) in [4.78, 5) is 38.1. The Bertz CT molecular complexity index is 1660. The van der Waals surface area contributed by atoms with Crippen LogP contribution < -0.4 is 0 Å². The summed E-state index contributed by atoms with van der Waals surface area (Å²) in [6, 6.07) is 0. The number of hydrogen-bond donors (Lipinski definition) is 6. The van der Waals surface area contributed by atoms with Gasteiger partial charge in [-0.1, -0.05) is 13.8 Å². The van der Waals surface area contributed by atoms with Gasteiger partial charge in [-0.3, -0.25) is 9.59 Å². The van der Waals surface area contributed by atoms with Crippen LogP contribution in [0.5, 0.6) is 0 Å². The molecule has 0 unspecified atom stereocenters. The molecular weight excluding hydrogens is 528 g/mol. The molecule has 0 aromatic carbocycles. The van der Waals surface area contributed by atoms with Crippen LogP contribution in [0, 0.1) is 27.7 Å². The van der Waals surface area contributed by atoms with E-state index >= 15 is 0 Å². The van der Waals surface area contributed by atoms with Crippen LogP contribution in [0.2, 0.25) is 0 Å². The molecule has 4 aromatic heterocycles. The monoisotopic (exact) mass is 572 g/mol. The minimum absolute atomic E-state index is 0.0730. The Morgan fingerprint density at radius 2 is 0.762 bits per heavy atom. The fourth-order valence-corrected chi connectivity index (χ4v) is 7.15. The van der Waals surface area contributed by atoms with E-state index in [9.17, 15) is 19.8 Å². The van der Waals surface area contributed by atoms with Crippen LogP contribution in [0.15, 0.2) is 0 Å². The zero-order chi connectivity index (χ0) is 30.3. The predicted molar refractivity (Wildman–Crippen MR) is 164 cm³/mol. The summed E-state index contributed by atoms with van der Waals surface area (Å²) in [5, 5.41) is 19.0. The van der Waals surface area contributed by atoms with Gasteiger partial charge in [0.15, 0.2) is 0 Å². The second-order valence-electron chi connectivity index (χ2n) is 11.9. The van der Waals surface area contributed by atoms with Crippen molar-refractivity contribution in [1.82, 2.24) is 19.9 Å². The molecule has 0 fully saturated rings. The number of fused-ring (bicyclic) bond motifs is 8. The summed E-state index contributed by atoms with van der Waals surface area (Å²) in [5.41, 5.74) is 18.7. The molecule has 8 heteroatoms. The van der Waals surface area contributed by atoms with Crippen LogP contribution in [-0.4, -0.2) is 42.1 Å². The highest BCUT2D eigenvalue weighted by Gasteiger charge is 2.24. The van der Waals surface area contributed by atoms with Crippen molar-refractivity contribution in [2.45, 2.75) is 106 Å². The molecule has 4 aromatic rings. The first-order chi connectivity index (χ1) is 20.0. The number of aliphatic carboxylic acids is 2. The number of aromatic amines is 4. The maximum absolute atomic E-state index is 11.6. The molecule has 5 rings (SSSR count). The first-order valence-corrected chi connectivity index (χ1v) is 15.2. The van der Waals surface area contributed by atoms with Crippen molar-refractivity contribution in [3.05, 3.63) is 90.1 Å². The fraction of sp³-hybridized carbons (Fsp3) is 0.471. The minimum Gasteiger partial charge on any atom is -0.481 e. The molecule has 42 heavy (non-hydrogen) atoms.